The van der Waals surface area contributed by atoms with Gasteiger partial charge in [-0.05, 0) is 6.42 Å². The summed E-state index contributed by atoms with van der Waals surface area (Å²) in [5.41, 5.74) is 1.14. The van der Waals surface area contributed by atoms with Gasteiger partial charge in [-0.25, -0.2) is 9.50 Å². The number of methoxy groups -OCH3 is 1. The molecule has 8 heteroatoms. The largest absolute Gasteiger partial charge is 0.394 e. The second-order valence-corrected chi connectivity index (χ2v) is 4.25. The van der Waals surface area contributed by atoms with Crippen LogP contribution in [0.3, 0.4) is 0 Å². The number of carbonyl (C=O) groups is 1. The lowest BCUT2D eigenvalue weighted by molar-refractivity contribution is 0.0838. The molecular weight excluding hydrogens is 262 g/mol. The molecule has 2 heterocycles. The van der Waals surface area contributed by atoms with Crippen LogP contribution in [0.25, 0.3) is 5.78 Å². The molecule has 0 fully saturated rings. The smallest absolute Gasteiger partial charge is 0.255 e. The lowest BCUT2D eigenvalue weighted by atomic mass is 10.1. The number of fused-ring (bicyclic) bond motifs is 1. The van der Waals surface area contributed by atoms with Gasteiger partial charge in [-0.1, -0.05) is 6.92 Å². The van der Waals surface area contributed by atoms with E-state index in [1.54, 1.807) is 4.52 Å². The van der Waals surface area contributed by atoms with Crippen molar-refractivity contribution < 1.29 is 14.6 Å². The van der Waals surface area contributed by atoms with Crippen LogP contribution >= 0.6 is 0 Å². The summed E-state index contributed by atoms with van der Waals surface area (Å²) < 4.78 is 6.47. The van der Waals surface area contributed by atoms with E-state index < -0.39 is 6.04 Å². The van der Waals surface area contributed by atoms with E-state index in [1.807, 2.05) is 6.92 Å². The van der Waals surface area contributed by atoms with Crippen molar-refractivity contribution in [2.45, 2.75) is 19.4 Å². The summed E-state index contributed by atoms with van der Waals surface area (Å²) >= 11 is 0. The molecule has 0 saturated heterocycles. The molecule has 2 aromatic heterocycles. The van der Waals surface area contributed by atoms with Gasteiger partial charge in [0.2, 0.25) is 0 Å². The number of aliphatic hydroxyl groups excluding tert-OH is 1. The molecule has 2 N–H and O–H groups in total. The van der Waals surface area contributed by atoms with Gasteiger partial charge in [-0.3, -0.25) is 4.79 Å². The Hall–Kier alpha value is -2.06. The number of aromatic nitrogens is 4. The Balaban J connectivity index is 2.29. The van der Waals surface area contributed by atoms with Crippen LogP contribution in [0.1, 0.15) is 23.0 Å². The molecule has 2 rings (SSSR count). The topological polar surface area (TPSA) is 102 Å². The molecule has 0 aromatic carbocycles. The average molecular weight is 279 g/mol. The predicted octanol–water partition coefficient (Wildman–Crippen LogP) is -0.576. The number of amides is 1. The highest BCUT2D eigenvalue weighted by Gasteiger charge is 2.18. The molecule has 20 heavy (non-hydrogen) atoms. The van der Waals surface area contributed by atoms with Crippen molar-refractivity contribution >= 4 is 11.7 Å². The van der Waals surface area contributed by atoms with E-state index >= 15 is 0 Å². The van der Waals surface area contributed by atoms with E-state index in [0.717, 1.165) is 5.69 Å². The number of rotatable bonds is 6. The minimum atomic E-state index is -0.455. The number of nitrogens with one attached hydrogen (secondary N) is 1. The van der Waals surface area contributed by atoms with Gasteiger partial charge in [-0.2, -0.15) is 10.1 Å². The highest BCUT2D eigenvalue weighted by molar-refractivity contribution is 5.95. The van der Waals surface area contributed by atoms with Crippen molar-refractivity contribution in [1.82, 2.24) is 24.9 Å². The van der Waals surface area contributed by atoms with Crippen molar-refractivity contribution in [3.8, 4) is 0 Å². The Morgan fingerprint density at radius 2 is 2.35 bits per heavy atom. The number of aliphatic hydroxyl groups is 1. The molecule has 1 atom stereocenters. The third-order valence-electron chi connectivity index (χ3n) is 2.91. The SMILES string of the molecule is CCc1c(C(=O)NC(CO)COC)cnc2ncnn12. The minimum absolute atomic E-state index is 0.194. The Kier molecular flexibility index (Phi) is 4.59. The van der Waals surface area contributed by atoms with E-state index in [-0.39, 0.29) is 19.1 Å². The van der Waals surface area contributed by atoms with Crippen LogP contribution in [0.15, 0.2) is 12.5 Å². The summed E-state index contributed by atoms with van der Waals surface area (Å²) in [5, 5.41) is 15.9. The summed E-state index contributed by atoms with van der Waals surface area (Å²) in [6.45, 7) is 1.97. The highest BCUT2D eigenvalue weighted by atomic mass is 16.5. The zero-order valence-electron chi connectivity index (χ0n) is 11.4. The van der Waals surface area contributed by atoms with Crippen LogP contribution in [0.2, 0.25) is 0 Å². The van der Waals surface area contributed by atoms with Crippen LogP contribution in [-0.4, -0.2) is 57.0 Å². The van der Waals surface area contributed by atoms with Crippen LogP contribution in [-0.2, 0) is 11.2 Å². The van der Waals surface area contributed by atoms with E-state index in [0.29, 0.717) is 17.8 Å². The monoisotopic (exact) mass is 279 g/mol. The summed E-state index contributed by atoms with van der Waals surface area (Å²) in [7, 11) is 1.51. The third kappa shape index (κ3) is 2.75. The van der Waals surface area contributed by atoms with E-state index in [4.69, 9.17) is 4.74 Å². The summed E-state index contributed by atoms with van der Waals surface area (Å²) in [4.78, 5) is 20.3. The molecule has 0 saturated carbocycles. The van der Waals surface area contributed by atoms with E-state index in [1.165, 1.54) is 19.6 Å². The first-order valence-corrected chi connectivity index (χ1v) is 6.29. The average Bonchev–Trinajstić information content (AvgIpc) is 2.93. The summed E-state index contributed by atoms with van der Waals surface area (Å²) in [6, 6.07) is -0.455. The zero-order valence-corrected chi connectivity index (χ0v) is 11.4. The highest BCUT2D eigenvalue weighted by Crippen LogP contribution is 2.10. The van der Waals surface area contributed by atoms with Gasteiger partial charge in [0.05, 0.1) is 30.5 Å². The lowest BCUT2D eigenvalue weighted by Crippen LogP contribution is -2.41. The first kappa shape index (κ1) is 14.4. The van der Waals surface area contributed by atoms with Gasteiger partial charge in [0.25, 0.3) is 11.7 Å². The molecule has 0 spiro atoms. The molecule has 1 unspecified atom stereocenters. The number of carbonyl (C=O) groups excluding carboxylic acids is 1. The molecule has 0 aliphatic heterocycles. The molecule has 0 aliphatic carbocycles. The number of hydrogen-bond donors (Lipinski definition) is 2. The van der Waals surface area contributed by atoms with Crippen LogP contribution in [0, 0.1) is 0 Å². The van der Waals surface area contributed by atoms with Crippen molar-refractivity contribution in [3.63, 3.8) is 0 Å². The Bertz CT molecular complexity index is 598. The first-order chi connectivity index (χ1) is 9.71. The van der Waals surface area contributed by atoms with Gasteiger partial charge in [0.1, 0.15) is 6.33 Å². The molecule has 1 amide bonds. The van der Waals surface area contributed by atoms with Crippen LogP contribution in [0.5, 0.6) is 0 Å². The van der Waals surface area contributed by atoms with Gasteiger partial charge < -0.3 is 15.2 Å². The normalized spacial score (nSPS) is 12.6. The molecular formula is C12H17N5O3. The number of ether oxygens (including phenoxy) is 1. The second kappa shape index (κ2) is 6.40. The fraction of sp³-hybridized carbons (Fsp3) is 0.500. The van der Waals surface area contributed by atoms with Crippen molar-refractivity contribution in [2.24, 2.45) is 0 Å². The van der Waals surface area contributed by atoms with Crippen molar-refractivity contribution in [3.05, 3.63) is 23.8 Å². The minimum Gasteiger partial charge on any atom is -0.394 e. The fourth-order valence-electron chi connectivity index (χ4n) is 1.96. The van der Waals surface area contributed by atoms with Crippen molar-refractivity contribution in [2.75, 3.05) is 20.3 Å². The number of hydrogen-bond acceptors (Lipinski definition) is 6. The Morgan fingerprint density at radius 1 is 1.55 bits per heavy atom. The van der Waals surface area contributed by atoms with Gasteiger partial charge in [-0.15, -0.1) is 0 Å². The van der Waals surface area contributed by atoms with Crippen LogP contribution in [0.4, 0.5) is 0 Å². The van der Waals surface area contributed by atoms with Gasteiger partial charge in [0, 0.05) is 13.3 Å². The Labute approximate surface area is 115 Å². The second-order valence-electron chi connectivity index (χ2n) is 4.25. The molecule has 108 valence electrons. The quantitative estimate of drug-likeness (QED) is 0.734. The standard InChI is InChI=1S/C12H17N5O3/c1-3-10-9(4-13-12-14-7-15-17(10)12)11(19)16-8(5-18)6-20-2/h4,7-8,18H,3,5-6H2,1-2H3,(H,16,19). The fourth-order valence-corrected chi connectivity index (χ4v) is 1.96. The Morgan fingerprint density at radius 3 is 3.00 bits per heavy atom. The van der Waals surface area contributed by atoms with Gasteiger partial charge >= 0.3 is 0 Å². The molecule has 8 nitrogen and oxygen atoms in total. The maximum absolute atomic E-state index is 12.3. The maximum atomic E-state index is 12.3. The zero-order chi connectivity index (χ0) is 14.5. The lowest BCUT2D eigenvalue weighted by Gasteiger charge is -2.16. The third-order valence-corrected chi connectivity index (χ3v) is 2.91. The van der Waals surface area contributed by atoms with Crippen molar-refractivity contribution in [1.29, 1.82) is 0 Å². The molecule has 0 aliphatic rings. The first-order valence-electron chi connectivity index (χ1n) is 6.29. The van der Waals surface area contributed by atoms with Crippen LogP contribution < -0.4 is 5.32 Å². The van der Waals surface area contributed by atoms with E-state index in [9.17, 15) is 9.90 Å². The van der Waals surface area contributed by atoms with E-state index in [2.05, 4.69) is 20.4 Å². The number of nitrogens with zero attached hydrogens (tertiary/aromatic N) is 4. The molecule has 2 aromatic rings. The number of aryl methyl sites for hydroxylation is 1. The summed E-state index contributed by atoms with van der Waals surface area (Å²) in [5.74, 6) is 0.136. The predicted molar refractivity (Wildman–Crippen MR) is 70.4 cm³/mol. The molecule has 0 bridgehead atoms. The van der Waals surface area contributed by atoms with Gasteiger partial charge in [0.15, 0.2) is 0 Å². The maximum Gasteiger partial charge on any atom is 0.255 e. The summed E-state index contributed by atoms with van der Waals surface area (Å²) in [6.07, 6.45) is 3.48. The molecule has 0 radical (unpaired) electrons.